The minimum atomic E-state index is 0.220. The number of hydrogen-bond donors (Lipinski definition) is 0. The Balaban J connectivity index is 1.81. The molecular weight excluding hydrogens is 330 g/mol. The van der Waals surface area contributed by atoms with Gasteiger partial charge in [0.15, 0.2) is 5.82 Å². The summed E-state index contributed by atoms with van der Waals surface area (Å²) in [6.45, 7) is 10.0. The predicted octanol–water partition coefficient (Wildman–Crippen LogP) is 3.49. The maximum atomic E-state index is 5.91. The molecular formula is C19H23N5O2. The van der Waals surface area contributed by atoms with E-state index in [0.29, 0.717) is 13.2 Å². The van der Waals surface area contributed by atoms with Crippen LogP contribution in [0.4, 0.5) is 0 Å². The second kappa shape index (κ2) is 6.48. The van der Waals surface area contributed by atoms with Gasteiger partial charge in [-0.2, -0.15) is 5.10 Å². The number of hydrogen-bond acceptors (Lipinski definition) is 5. The van der Waals surface area contributed by atoms with Crippen molar-refractivity contribution in [2.24, 2.45) is 0 Å². The first-order valence-corrected chi connectivity index (χ1v) is 8.97. The fraction of sp³-hybridized carbons (Fsp3) is 0.421. The molecule has 7 nitrogen and oxygen atoms in total. The van der Waals surface area contributed by atoms with E-state index in [2.05, 4.69) is 28.5 Å². The van der Waals surface area contributed by atoms with Crippen molar-refractivity contribution in [1.82, 2.24) is 24.3 Å². The molecule has 0 bridgehead atoms. The third-order valence-electron chi connectivity index (χ3n) is 4.33. The molecule has 0 spiro atoms. The lowest BCUT2D eigenvalue weighted by Crippen LogP contribution is -2.06. The first-order valence-electron chi connectivity index (χ1n) is 8.97. The quantitative estimate of drug-likeness (QED) is 0.718. The Hall–Kier alpha value is -2.83. The van der Waals surface area contributed by atoms with Crippen LogP contribution in [0.2, 0.25) is 0 Å². The van der Waals surface area contributed by atoms with Crippen molar-refractivity contribution in [3.8, 4) is 34.4 Å². The van der Waals surface area contributed by atoms with E-state index in [0.717, 1.165) is 46.8 Å². The fourth-order valence-electron chi connectivity index (χ4n) is 3.19. The molecule has 0 unspecified atom stereocenters. The van der Waals surface area contributed by atoms with E-state index in [4.69, 9.17) is 14.5 Å². The van der Waals surface area contributed by atoms with Crippen molar-refractivity contribution in [2.75, 3.05) is 13.2 Å². The van der Waals surface area contributed by atoms with Crippen LogP contribution in [0.25, 0.3) is 22.9 Å². The highest BCUT2D eigenvalue weighted by Crippen LogP contribution is 2.36. The van der Waals surface area contributed by atoms with Crippen molar-refractivity contribution >= 4 is 0 Å². The highest BCUT2D eigenvalue weighted by Gasteiger charge is 2.22. The first kappa shape index (κ1) is 16.6. The van der Waals surface area contributed by atoms with E-state index in [-0.39, 0.29) is 6.04 Å². The van der Waals surface area contributed by atoms with Gasteiger partial charge in [0, 0.05) is 18.3 Å². The van der Waals surface area contributed by atoms with Gasteiger partial charge in [0.2, 0.25) is 0 Å². The molecule has 0 radical (unpaired) electrons. The second-order valence-electron chi connectivity index (χ2n) is 6.60. The molecule has 2 aromatic heterocycles. The number of aryl methyl sites for hydroxylation is 1. The summed E-state index contributed by atoms with van der Waals surface area (Å²) in [6.07, 6.45) is 2.03. The zero-order valence-electron chi connectivity index (χ0n) is 15.6. The van der Waals surface area contributed by atoms with Gasteiger partial charge < -0.3 is 14.0 Å². The molecule has 26 heavy (non-hydrogen) atoms. The standard InChI is InChI=1S/C19H23N5O2/c1-5-25-14-6-7-15-17(10-14)26-9-8-23-11-16(21-18(15)23)19-20-13(4)22-24(19)12(2)3/h6-7,10-12H,5,8-9H2,1-4H3. The van der Waals surface area contributed by atoms with Crippen molar-refractivity contribution in [3.63, 3.8) is 0 Å². The van der Waals surface area contributed by atoms with Crippen LogP contribution in [0.5, 0.6) is 11.5 Å². The van der Waals surface area contributed by atoms with Gasteiger partial charge in [-0.25, -0.2) is 14.6 Å². The first-order chi connectivity index (χ1) is 12.6. The van der Waals surface area contributed by atoms with Gasteiger partial charge in [-0.15, -0.1) is 0 Å². The monoisotopic (exact) mass is 353 g/mol. The number of nitrogens with zero attached hydrogens (tertiary/aromatic N) is 5. The van der Waals surface area contributed by atoms with E-state index in [1.807, 2.05) is 42.9 Å². The number of aromatic nitrogens is 5. The summed E-state index contributed by atoms with van der Waals surface area (Å²) in [6, 6.07) is 6.12. The molecule has 1 aromatic carbocycles. The highest BCUT2D eigenvalue weighted by atomic mass is 16.5. The van der Waals surface area contributed by atoms with E-state index in [1.54, 1.807) is 0 Å². The van der Waals surface area contributed by atoms with Crippen LogP contribution in [0.1, 0.15) is 32.6 Å². The van der Waals surface area contributed by atoms with Crippen molar-refractivity contribution in [3.05, 3.63) is 30.2 Å². The Bertz CT molecular complexity index is 942. The van der Waals surface area contributed by atoms with Crippen LogP contribution in [0.3, 0.4) is 0 Å². The number of imidazole rings is 1. The Labute approximate surface area is 152 Å². The van der Waals surface area contributed by atoms with E-state index in [9.17, 15) is 0 Å². The largest absolute Gasteiger partial charge is 0.494 e. The van der Waals surface area contributed by atoms with Gasteiger partial charge in [-0.1, -0.05) is 0 Å². The van der Waals surface area contributed by atoms with Crippen LogP contribution in [0.15, 0.2) is 24.4 Å². The lowest BCUT2D eigenvalue weighted by molar-refractivity contribution is 0.301. The number of rotatable bonds is 4. The van der Waals surface area contributed by atoms with Crippen LogP contribution in [-0.4, -0.2) is 37.5 Å². The normalized spacial score (nSPS) is 13.1. The van der Waals surface area contributed by atoms with Gasteiger partial charge >= 0.3 is 0 Å². The van der Waals surface area contributed by atoms with E-state index in [1.165, 1.54) is 0 Å². The smallest absolute Gasteiger partial charge is 0.178 e. The molecule has 0 N–H and O–H groups in total. The third-order valence-corrected chi connectivity index (χ3v) is 4.33. The SMILES string of the molecule is CCOc1ccc2c(c1)OCCn1cc(-c3nc(C)nn3C(C)C)nc1-2. The molecule has 7 heteroatoms. The molecule has 0 aliphatic carbocycles. The van der Waals surface area contributed by atoms with Crippen molar-refractivity contribution in [2.45, 2.75) is 40.3 Å². The zero-order valence-corrected chi connectivity index (χ0v) is 15.6. The molecule has 1 aliphatic rings. The molecule has 0 saturated heterocycles. The molecule has 3 aromatic rings. The number of ether oxygens (including phenoxy) is 2. The molecule has 0 atom stereocenters. The van der Waals surface area contributed by atoms with Crippen LogP contribution >= 0.6 is 0 Å². The van der Waals surface area contributed by atoms with Crippen LogP contribution in [0, 0.1) is 6.92 Å². The lowest BCUT2D eigenvalue weighted by Gasteiger charge is -2.09. The lowest BCUT2D eigenvalue weighted by atomic mass is 10.2. The van der Waals surface area contributed by atoms with Crippen molar-refractivity contribution < 1.29 is 9.47 Å². The molecule has 3 heterocycles. The number of fused-ring (bicyclic) bond motifs is 3. The summed E-state index contributed by atoms with van der Waals surface area (Å²) in [5.74, 6) is 4.04. The molecule has 1 aliphatic heterocycles. The van der Waals surface area contributed by atoms with Gasteiger partial charge in [0.1, 0.15) is 35.4 Å². The number of benzene rings is 1. The fourth-order valence-corrected chi connectivity index (χ4v) is 3.19. The van der Waals surface area contributed by atoms with E-state index < -0.39 is 0 Å². The average Bonchev–Trinajstić information content (AvgIpc) is 3.15. The summed E-state index contributed by atoms with van der Waals surface area (Å²) >= 11 is 0. The second-order valence-corrected chi connectivity index (χ2v) is 6.60. The Morgan fingerprint density at radius 1 is 1.23 bits per heavy atom. The van der Waals surface area contributed by atoms with Gasteiger partial charge in [-0.3, -0.25) is 0 Å². The topological polar surface area (TPSA) is 67.0 Å². The zero-order chi connectivity index (χ0) is 18.3. The van der Waals surface area contributed by atoms with Crippen LogP contribution < -0.4 is 9.47 Å². The van der Waals surface area contributed by atoms with Gasteiger partial charge in [0.25, 0.3) is 0 Å². The Kier molecular flexibility index (Phi) is 4.14. The summed E-state index contributed by atoms with van der Waals surface area (Å²) in [4.78, 5) is 9.46. The summed E-state index contributed by atoms with van der Waals surface area (Å²) in [7, 11) is 0. The molecule has 136 valence electrons. The predicted molar refractivity (Wildman–Crippen MR) is 98.5 cm³/mol. The summed E-state index contributed by atoms with van der Waals surface area (Å²) in [5, 5.41) is 4.50. The third kappa shape index (κ3) is 2.83. The molecule has 0 saturated carbocycles. The molecule has 0 amide bonds. The molecule has 4 rings (SSSR count). The highest BCUT2D eigenvalue weighted by molar-refractivity contribution is 5.69. The summed E-state index contributed by atoms with van der Waals surface area (Å²) < 4.78 is 15.6. The summed E-state index contributed by atoms with van der Waals surface area (Å²) in [5.41, 5.74) is 1.79. The maximum Gasteiger partial charge on any atom is 0.178 e. The van der Waals surface area contributed by atoms with Crippen LogP contribution in [-0.2, 0) is 6.54 Å². The Morgan fingerprint density at radius 2 is 2.08 bits per heavy atom. The maximum absolute atomic E-state index is 5.91. The minimum Gasteiger partial charge on any atom is -0.494 e. The molecule has 0 fully saturated rings. The van der Waals surface area contributed by atoms with E-state index >= 15 is 0 Å². The van der Waals surface area contributed by atoms with Gasteiger partial charge in [-0.05, 0) is 39.8 Å². The minimum absolute atomic E-state index is 0.220. The van der Waals surface area contributed by atoms with Crippen molar-refractivity contribution in [1.29, 1.82) is 0 Å². The average molecular weight is 353 g/mol. The Morgan fingerprint density at radius 3 is 2.85 bits per heavy atom. The van der Waals surface area contributed by atoms with Gasteiger partial charge in [0.05, 0.1) is 18.7 Å².